The van der Waals surface area contributed by atoms with Gasteiger partial charge in [-0.1, -0.05) is 12.1 Å². The molecule has 2 aromatic rings. The summed E-state index contributed by atoms with van der Waals surface area (Å²) in [4.78, 5) is 1.24. The Morgan fingerprint density at radius 2 is 1.81 bits per heavy atom. The van der Waals surface area contributed by atoms with Crippen molar-refractivity contribution in [2.24, 2.45) is 0 Å². The molecule has 0 bridgehead atoms. The molecular formula is C14H14OS. The third-order valence-corrected chi connectivity index (χ3v) is 3.33. The molecule has 1 aromatic carbocycles. The van der Waals surface area contributed by atoms with E-state index in [0.717, 1.165) is 16.7 Å². The van der Waals surface area contributed by atoms with Crippen LogP contribution in [0.4, 0.5) is 0 Å². The van der Waals surface area contributed by atoms with E-state index in [-0.39, 0.29) is 0 Å². The third kappa shape index (κ3) is 2.34. The first-order valence-corrected chi connectivity index (χ1v) is 6.06. The lowest BCUT2D eigenvalue weighted by atomic mass is 10.1. The molecule has 0 aliphatic carbocycles. The average molecular weight is 230 g/mol. The summed E-state index contributed by atoms with van der Waals surface area (Å²) >= 11 is 1.72. The van der Waals surface area contributed by atoms with Crippen LogP contribution in [0.5, 0.6) is 5.75 Å². The molecule has 0 radical (unpaired) electrons. The zero-order valence-electron chi connectivity index (χ0n) is 9.40. The topological polar surface area (TPSA) is 20.2 Å². The Morgan fingerprint density at radius 3 is 2.38 bits per heavy atom. The van der Waals surface area contributed by atoms with Gasteiger partial charge < -0.3 is 5.11 Å². The molecule has 0 saturated heterocycles. The van der Waals surface area contributed by atoms with E-state index in [4.69, 9.17) is 0 Å². The van der Waals surface area contributed by atoms with Crippen LogP contribution in [0.15, 0.2) is 29.6 Å². The Hall–Kier alpha value is -1.54. The van der Waals surface area contributed by atoms with Gasteiger partial charge in [-0.15, -0.1) is 11.3 Å². The molecule has 2 rings (SSSR count). The second kappa shape index (κ2) is 4.54. The van der Waals surface area contributed by atoms with Crippen molar-refractivity contribution >= 4 is 23.5 Å². The van der Waals surface area contributed by atoms with E-state index in [1.165, 1.54) is 4.88 Å². The molecule has 1 nitrogen and oxygen atoms in total. The molecule has 0 fully saturated rings. The van der Waals surface area contributed by atoms with Crippen LogP contribution in [-0.2, 0) is 0 Å². The fourth-order valence-corrected chi connectivity index (χ4v) is 2.27. The van der Waals surface area contributed by atoms with Gasteiger partial charge in [-0.2, -0.15) is 0 Å². The van der Waals surface area contributed by atoms with Crippen molar-refractivity contribution in [1.29, 1.82) is 0 Å². The molecule has 0 unspecified atom stereocenters. The van der Waals surface area contributed by atoms with E-state index in [0.29, 0.717) is 5.75 Å². The van der Waals surface area contributed by atoms with E-state index in [9.17, 15) is 5.11 Å². The number of hydrogen-bond acceptors (Lipinski definition) is 2. The van der Waals surface area contributed by atoms with Gasteiger partial charge in [-0.05, 0) is 60.2 Å². The van der Waals surface area contributed by atoms with E-state index < -0.39 is 0 Å². The van der Waals surface area contributed by atoms with Crippen molar-refractivity contribution in [2.45, 2.75) is 13.8 Å². The van der Waals surface area contributed by atoms with Crippen LogP contribution in [0, 0.1) is 13.8 Å². The van der Waals surface area contributed by atoms with Crippen LogP contribution in [0.3, 0.4) is 0 Å². The standard InChI is InChI=1S/C14H14OS/c1-10-8-12(9-11(2)14(10)15)5-6-13-4-3-7-16-13/h3-9,15H,1-2H3/b6-5+. The minimum absolute atomic E-state index is 0.397. The number of hydrogen-bond donors (Lipinski definition) is 1. The number of phenols is 1. The Balaban J connectivity index is 2.29. The Kier molecular flexibility index (Phi) is 3.11. The highest BCUT2D eigenvalue weighted by molar-refractivity contribution is 7.10. The maximum absolute atomic E-state index is 9.66. The van der Waals surface area contributed by atoms with Crippen molar-refractivity contribution in [3.8, 4) is 5.75 Å². The van der Waals surface area contributed by atoms with Gasteiger partial charge in [0.2, 0.25) is 0 Å². The lowest BCUT2D eigenvalue weighted by Crippen LogP contribution is -1.82. The first-order valence-electron chi connectivity index (χ1n) is 5.18. The molecule has 1 heterocycles. The highest BCUT2D eigenvalue weighted by atomic mass is 32.1. The molecule has 1 aromatic heterocycles. The lowest BCUT2D eigenvalue weighted by Gasteiger charge is -2.04. The summed E-state index contributed by atoms with van der Waals surface area (Å²) < 4.78 is 0. The van der Waals surface area contributed by atoms with Gasteiger partial charge in [-0.25, -0.2) is 0 Å². The predicted molar refractivity (Wildman–Crippen MR) is 70.8 cm³/mol. The minimum atomic E-state index is 0.397. The molecule has 1 N–H and O–H groups in total. The summed E-state index contributed by atoms with van der Waals surface area (Å²) in [5, 5.41) is 11.7. The highest BCUT2D eigenvalue weighted by Crippen LogP contribution is 2.24. The van der Waals surface area contributed by atoms with E-state index in [2.05, 4.69) is 23.6 Å². The molecule has 0 saturated carbocycles. The Labute approximate surface area is 99.7 Å². The molecular weight excluding hydrogens is 216 g/mol. The number of benzene rings is 1. The van der Waals surface area contributed by atoms with Gasteiger partial charge in [0.05, 0.1) is 0 Å². The fourth-order valence-electron chi connectivity index (χ4n) is 1.65. The van der Waals surface area contributed by atoms with E-state index in [1.807, 2.05) is 32.0 Å². The minimum Gasteiger partial charge on any atom is -0.507 e. The summed E-state index contributed by atoms with van der Waals surface area (Å²) in [5.74, 6) is 0.397. The van der Waals surface area contributed by atoms with Crippen LogP contribution >= 0.6 is 11.3 Å². The molecule has 16 heavy (non-hydrogen) atoms. The highest BCUT2D eigenvalue weighted by Gasteiger charge is 2.01. The fraction of sp³-hybridized carbons (Fsp3) is 0.143. The zero-order valence-corrected chi connectivity index (χ0v) is 10.2. The summed E-state index contributed by atoms with van der Waals surface area (Å²) in [5.41, 5.74) is 2.97. The SMILES string of the molecule is Cc1cc(/C=C/c2cccs2)cc(C)c1O. The van der Waals surface area contributed by atoms with Gasteiger partial charge >= 0.3 is 0 Å². The molecule has 0 atom stereocenters. The maximum atomic E-state index is 9.66. The van der Waals surface area contributed by atoms with Crippen LogP contribution in [0.1, 0.15) is 21.6 Å². The van der Waals surface area contributed by atoms with Crippen molar-refractivity contribution in [2.75, 3.05) is 0 Å². The molecule has 0 aliphatic heterocycles. The monoisotopic (exact) mass is 230 g/mol. The van der Waals surface area contributed by atoms with Gasteiger partial charge in [0.15, 0.2) is 0 Å². The van der Waals surface area contributed by atoms with Gasteiger partial charge in [0, 0.05) is 4.88 Å². The van der Waals surface area contributed by atoms with Gasteiger partial charge in [0.25, 0.3) is 0 Å². The number of thiophene rings is 1. The number of aryl methyl sites for hydroxylation is 2. The van der Waals surface area contributed by atoms with Crippen LogP contribution in [-0.4, -0.2) is 5.11 Å². The molecule has 0 spiro atoms. The second-order valence-corrected chi connectivity index (χ2v) is 4.83. The number of rotatable bonds is 2. The Morgan fingerprint density at radius 1 is 1.12 bits per heavy atom. The molecule has 0 amide bonds. The average Bonchev–Trinajstić information content (AvgIpc) is 2.75. The Bertz CT molecular complexity index is 487. The van der Waals surface area contributed by atoms with Gasteiger partial charge in [-0.3, -0.25) is 0 Å². The second-order valence-electron chi connectivity index (χ2n) is 3.85. The maximum Gasteiger partial charge on any atom is 0.121 e. The molecule has 2 heteroatoms. The molecule has 0 aliphatic rings. The van der Waals surface area contributed by atoms with E-state index in [1.54, 1.807) is 11.3 Å². The van der Waals surface area contributed by atoms with Crippen molar-refractivity contribution in [3.05, 3.63) is 51.2 Å². The number of aromatic hydroxyl groups is 1. The smallest absolute Gasteiger partial charge is 0.121 e. The van der Waals surface area contributed by atoms with Gasteiger partial charge in [0.1, 0.15) is 5.75 Å². The van der Waals surface area contributed by atoms with Crippen molar-refractivity contribution in [3.63, 3.8) is 0 Å². The van der Waals surface area contributed by atoms with Crippen molar-refractivity contribution in [1.82, 2.24) is 0 Å². The largest absolute Gasteiger partial charge is 0.507 e. The molecule has 82 valence electrons. The van der Waals surface area contributed by atoms with Crippen LogP contribution in [0.2, 0.25) is 0 Å². The number of phenolic OH excluding ortho intramolecular Hbond substituents is 1. The summed E-state index contributed by atoms with van der Waals surface area (Å²) in [6, 6.07) is 8.11. The normalized spacial score (nSPS) is 11.1. The van der Waals surface area contributed by atoms with Crippen LogP contribution < -0.4 is 0 Å². The summed E-state index contributed by atoms with van der Waals surface area (Å²) in [6.45, 7) is 3.84. The first kappa shape index (κ1) is 11.0. The zero-order chi connectivity index (χ0) is 11.5. The lowest BCUT2D eigenvalue weighted by molar-refractivity contribution is 0.467. The summed E-state index contributed by atoms with van der Waals surface area (Å²) in [7, 11) is 0. The first-order chi connectivity index (χ1) is 7.66. The van der Waals surface area contributed by atoms with E-state index >= 15 is 0 Å². The summed E-state index contributed by atoms with van der Waals surface area (Å²) in [6.07, 6.45) is 4.17. The predicted octanol–water partition coefficient (Wildman–Crippen LogP) is 4.24. The van der Waals surface area contributed by atoms with Crippen molar-refractivity contribution < 1.29 is 5.11 Å². The van der Waals surface area contributed by atoms with Crippen LogP contribution in [0.25, 0.3) is 12.2 Å². The quantitative estimate of drug-likeness (QED) is 0.818. The third-order valence-electron chi connectivity index (χ3n) is 2.50.